The second-order valence-electron chi connectivity index (χ2n) is 6.05. The summed E-state index contributed by atoms with van der Waals surface area (Å²) in [6.07, 6.45) is -2.07. The van der Waals surface area contributed by atoms with Crippen LogP contribution in [0.1, 0.15) is 11.1 Å². The fourth-order valence-electron chi connectivity index (χ4n) is 2.17. The first-order chi connectivity index (χ1) is 13.1. The summed E-state index contributed by atoms with van der Waals surface area (Å²) in [4.78, 5) is 25.4. The molecule has 0 aliphatic carbocycles. The molecule has 0 saturated carbocycles. The Bertz CT molecular complexity index is 842. The minimum atomic E-state index is -4.42. The van der Waals surface area contributed by atoms with Gasteiger partial charge in [-0.2, -0.15) is 13.2 Å². The molecule has 0 radical (unpaired) electrons. The average molecular weight is 392 g/mol. The lowest BCUT2D eigenvalue weighted by Gasteiger charge is -2.13. The molecule has 0 fully saturated rings. The predicted molar refractivity (Wildman–Crippen MR) is 101 cm³/mol. The Kier molecular flexibility index (Phi) is 6.81. The molecule has 0 heterocycles. The number of hydrogen-bond acceptors (Lipinski definition) is 4. The SMILES string of the molecule is CN(C)c1ccc(NC(=O)COC(=O)/C=C/c2ccc(C(F)(F)F)cc2)cc1. The Morgan fingerprint density at radius 2 is 1.64 bits per heavy atom. The topological polar surface area (TPSA) is 58.6 Å². The molecule has 0 aromatic heterocycles. The van der Waals surface area contributed by atoms with Gasteiger partial charge in [-0.25, -0.2) is 4.79 Å². The van der Waals surface area contributed by atoms with Crippen molar-refractivity contribution < 1.29 is 27.5 Å². The lowest BCUT2D eigenvalue weighted by molar-refractivity contribution is -0.142. The van der Waals surface area contributed by atoms with Crippen molar-refractivity contribution in [3.63, 3.8) is 0 Å². The van der Waals surface area contributed by atoms with E-state index >= 15 is 0 Å². The largest absolute Gasteiger partial charge is 0.452 e. The van der Waals surface area contributed by atoms with Gasteiger partial charge in [0.25, 0.3) is 5.91 Å². The van der Waals surface area contributed by atoms with Crippen LogP contribution in [0.3, 0.4) is 0 Å². The summed E-state index contributed by atoms with van der Waals surface area (Å²) in [6.45, 7) is -0.481. The summed E-state index contributed by atoms with van der Waals surface area (Å²) < 4.78 is 42.3. The first-order valence-corrected chi connectivity index (χ1v) is 8.24. The average Bonchev–Trinajstić information content (AvgIpc) is 2.64. The lowest BCUT2D eigenvalue weighted by atomic mass is 10.1. The number of rotatable bonds is 6. The molecule has 1 N–H and O–H groups in total. The van der Waals surface area contributed by atoms with E-state index in [4.69, 9.17) is 4.74 Å². The van der Waals surface area contributed by atoms with Gasteiger partial charge in [0, 0.05) is 31.5 Å². The van der Waals surface area contributed by atoms with Crippen LogP contribution < -0.4 is 10.2 Å². The van der Waals surface area contributed by atoms with Crippen molar-refractivity contribution in [3.05, 3.63) is 65.7 Å². The summed E-state index contributed by atoms with van der Waals surface area (Å²) in [5, 5.41) is 2.59. The fourth-order valence-corrected chi connectivity index (χ4v) is 2.17. The highest BCUT2D eigenvalue weighted by molar-refractivity contribution is 5.94. The normalized spacial score (nSPS) is 11.3. The van der Waals surface area contributed by atoms with Crippen LogP contribution in [0.15, 0.2) is 54.6 Å². The molecule has 2 rings (SSSR count). The highest BCUT2D eigenvalue weighted by Gasteiger charge is 2.29. The summed E-state index contributed by atoms with van der Waals surface area (Å²) in [5.41, 5.74) is 1.16. The lowest BCUT2D eigenvalue weighted by Crippen LogP contribution is -2.20. The van der Waals surface area contributed by atoms with E-state index in [1.807, 2.05) is 31.1 Å². The standard InChI is InChI=1S/C20H19F3N2O3/c1-25(2)17-10-8-16(9-11-17)24-18(26)13-28-19(27)12-5-14-3-6-15(7-4-14)20(21,22)23/h3-12H,13H2,1-2H3,(H,24,26)/b12-5+. The maximum atomic E-state index is 12.5. The van der Waals surface area contributed by atoms with Gasteiger partial charge in [-0.1, -0.05) is 12.1 Å². The Labute approximate surface area is 160 Å². The molecular weight excluding hydrogens is 373 g/mol. The molecule has 0 bridgehead atoms. The molecule has 5 nitrogen and oxygen atoms in total. The molecule has 8 heteroatoms. The van der Waals surface area contributed by atoms with Crippen molar-refractivity contribution in [3.8, 4) is 0 Å². The molecule has 2 aromatic carbocycles. The van der Waals surface area contributed by atoms with E-state index in [2.05, 4.69) is 5.32 Å². The number of halogens is 3. The maximum Gasteiger partial charge on any atom is 0.416 e. The van der Waals surface area contributed by atoms with Gasteiger partial charge >= 0.3 is 12.1 Å². The van der Waals surface area contributed by atoms with Crippen molar-refractivity contribution in [1.82, 2.24) is 0 Å². The van der Waals surface area contributed by atoms with Gasteiger partial charge in [-0.05, 0) is 48.0 Å². The maximum absolute atomic E-state index is 12.5. The third kappa shape index (κ3) is 6.46. The number of alkyl halides is 3. The molecule has 148 valence electrons. The Balaban J connectivity index is 1.81. The molecule has 0 unspecified atom stereocenters. The minimum absolute atomic E-state index is 0.399. The van der Waals surface area contributed by atoms with Crippen LogP contribution in [-0.2, 0) is 20.5 Å². The summed E-state index contributed by atoms with van der Waals surface area (Å²) in [7, 11) is 3.79. The Morgan fingerprint density at radius 3 is 2.18 bits per heavy atom. The van der Waals surface area contributed by atoms with Gasteiger partial charge in [-0.3, -0.25) is 4.79 Å². The van der Waals surface area contributed by atoms with Gasteiger partial charge in [-0.15, -0.1) is 0 Å². The van der Waals surface area contributed by atoms with Crippen LogP contribution in [0.4, 0.5) is 24.5 Å². The number of nitrogens with zero attached hydrogens (tertiary/aromatic N) is 1. The van der Waals surface area contributed by atoms with Crippen molar-refractivity contribution in [2.45, 2.75) is 6.18 Å². The molecule has 0 saturated heterocycles. The first kappa shape index (κ1) is 21.0. The van der Waals surface area contributed by atoms with Gasteiger partial charge in [0.2, 0.25) is 0 Å². The quantitative estimate of drug-likeness (QED) is 0.597. The van der Waals surface area contributed by atoms with Crippen LogP contribution in [0.25, 0.3) is 6.08 Å². The molecule has 2 aromatic rings. The van der Waals surface area contributed by atoms with Gasteiger partial charge in [0.15, 0.2) is 6.61 Å². The zero-order valence-corrected chi connectivity index (χ0v) is 15.3. The number of hydrogen-bond donors (Lipinski definition) is 1. The Hall–Kier alpha value is -3.29. The van der Waals surface area contributed by atoms with Crippen LogP contribution in [-0.4, -0.2) is 32.6 Å². The number of anilines is 2. The van der Waals surface area contributed by atoms with Crippen molar-refractivity contribution in [2.75, 3.05) is 30.9 Å². The molecule has 0 aliphatic heterocycles. The number of esters is 1. The van der Waals surface area contributed by atoms with E-state index in [9.17, 15) is 22.8 Å². The number of benzene rings is 2. The van der Waals surface area contributed by atoms with E-state index in [0.717, 1.165) is 23.9 Å². The first-order valence-electron chi connectivity index (χ1n) is 8.24. The van der Waals surface area contributed by atoms with Crippen LogP contribution in [0.2, 0.25) is 0 Å². The zero-order valence-electron chi connectivity index (χ0n) is 15.3. The van der Waals surface area contributed by atoms with E-state index in [0.29, 0.717) is 11.3 Å². The predicted octanol–water partition coefficient (Wildman–Crippen LogP) is 3.97. The molecule has 0 spiro atoms. The summed E-state index contributed by atoms with van der Waals surface area (Å²) >= 11 is 0. The molecule has 0 aliphatic rings. The Morgan fingerprint density at radius 1 is 1.04 bits per heavy atom. The molecule has 0 atom stereocenters. The van der Waals surface area contributed by atoms with Gasteiger partial charge in [0.05, 0.1) is 5.56 Å². The number of carbonyl (C=O) groups is 2. The monoisotopic (exact) mass is 392 g/mol. The van der Waals surface area contributed by atoms with Crippen LogP contribution in [0.5, 0.6) is 0 Å². The van der Waals surface area contributed by atoms with Crippen molar-refractivity contribution in [1.29, 1.82) is 0 Å². The van der Waals surface area contributed by atoms with Gasteiger partial charge in [0.1, 0.15) is 0 Å². The van der Waals surface area contributed by atoms with Crippen molar-refractivity contribution >= 4 is 29.3 Å². The summed E-state index contributed by atoms with van der Waals surface area (Å²) in [6, 6.07) is 11.4. The highest BCUT2D eigenvalue weighted by atomic mass is 19.4. The van der Waals surface area contributed by atoms with E-state index in [1.54, 1.807) is 12.1 Å². The van der Waals surface area contributed by atoms with Gasteiger partial charge < -0.3 is 15.0 Å². The zero-order chi connectivity index (χ0) is 20.7. The van der Waals surface area contributed by atoms with Crippen LogP contribution in [0, 0.1) is 0 Å². The minimum Gasteiger partial charge on any atom is -0.452 e. The fraction of sp³-hybridized carbons (Fsp3) is 0.200. The molecule has 28 heavy (non-hydrogen) atoms. The third-order valence-corrected chi connectivity index (χ3v) is 3.66. The van der Waals surface area contributed by atoms with E-state index < -0.39 is 30.2 Å². The third-order valence-electron chi connectivity index (χ3n) is 3.66. The smallest absolute Gasteiger partial charge is 0.416 e. The highest BCUT2D eigenvalue weighted by Crippen LogP contribution is 2.29. The second-order valence-corrected chi connectivity index (χ2v) is 6.05. The molecular formula is C20H19F3N2O3. The number of amides is 1. The number of ether oxygens (including phenoxy) is 1. The van der Waals surface area contributed by atoms with E-state index in [1.165, 1.54) is 18.2 Å². The number of nitrogens with one attached hydrogen (secondary N) is 1. The van der Waals surface area contributed by atoms with Crippen LogP contribution >= 0.6 is 0 Å². The van der Waals surface area contributed by atoms with E-state index in [-0.39, 0.29) is 0 Å². The van der Waals surface area contributed by atoms with Crippen molar-refractivity contribution in [2.24, 2.45) is 0 Å². The second kappa shape index (κ2) is 9.07. The summed E-state index contributed by atoms with van der Waals surface area (Å²) in [5.74, 6) is -1.29. The molecule has 1 amide bonds. The number of carbonyl (C=O) groups excluding carboxylic acids is 2.